The highest BCUT2D eigenvalue weighted by Crippen LogP contribution is 2.14. The van der Waals surface area contributed by atoms with Gasteiger partial charge in [-0.25, -0.2) is 9.37 Å². The van der Waals surface area contributed by atoms with Crippen molar-refractivity contribution in [1.29, 1.82) is 0 Å². The van der Waals surface area contributed by atoms with Crippen LogP contribution in [-0.4, -0.2) is 20.9 Å². The zero-order chi connectivity index (χ0) is 15.4. The maximum absolute atomic E-state index is 13.1. The molecule has 0 fully saturated rings. The molecule has 0 radical (unpaired) electrons. The van der Waals surface area contributed by atoms with E-state index in [1.165, 1.54) is 18.3 Å². The number of rotatable bonds is 4. The number of hydrogen-bond donors (Lipinski definition) is 2. The van der Waals surface area contributed by atoms with Crippen molar-refractivity contribution in [1.82, 2.24) is 15.0 Å². The summed E-state index contributed by atoms with van der Waals surface area (Å²) in [7, 11) is 0. The minimum atomic E-state index is -0.357. The van der Waals surface area contributed by atoms with Crippen molar-refractivity contribution in [3.63, 3.8) is 0 Å². The quantitative estimate of drug-likeness (QED) is 0.777. The monoisotopic (exact) mass is 296 g/mol. The number of halogens is 1. The fourth-order valence-corrected chi connectivity index (χ4v) is 2.04. The Kier molecular flexibility index (Phi) is 3.91. The van der Waals surface area contributed by atoms with Crippen LogP contribution in [-0.2, 0) is 11.2 Å². The van der Waals surface area contributed by atoms with Gasteiger partial charge in [-0.2, -0.15) is 0 Å². The van der Waals surface area contributed by atoms with Crippen molar-refractivity contribution >= 4 is 11.7 Å². The second kappa shape index (κ2) is 6.17. The number of benzene rings is 1. The van der Waals surface area contributed by atoms with E-state index in [4.69, 9.17) is 0 Å². The number of amides is 1. The van der Waals surface area contributed by atoms with Crippen LogP contribution in [0, 0.1) is 5.82 Å². The van der Waals surface area contributed by atoms with Crippen LogP contribution in [0.5, 0.6) is 0 Å². The van der Waals surface area contributed by atoms with Crippen molar-refractivity contribution in [2.75, 3.05) is 5.32 Å². The normalized spacial score (nSPS) is 10.4. The van der Waals surface area contributed by atoms with Gasteiger partial charge in [0.25, 0.3) is 0 Å². The maximum atomic E-state index is 13.1. The first-order valence-electron chi connectivity index (χ1n) is 6.71. The zero-order valence-electron chi connectivity index (χ0n) is 11.6. The summed E-state index contributed by atoms with van der Waals surface area (Å²) in [6, 6.07) is 11.4. The van der Waals surface area contributed by atoms with Crippen molar-refractivity contribution in [2.24, 2.45) is 0 Å². The summed E-state index contributed by atoms with van der Waals surface area (Å²) in [5.41, 5.74) is 1.30. The lowest BCUT2D eigenvalue weighted by Gasteiger charge is -2.03. The van der Waals surface area contributed by atoms with Crippen LogP contribution in [0.25, 0.3) is 11.5 Å². The molecule has 110 valence electrons. The molecule has 0 aliphatic carbocycles. The topological polar surface area (TPSA) is 70.7 Å². The molecule has 2 heterocycles. The number of H-pyrrole nitrogens is 1. The molecule has 0 saturated heterocycles. The molecule has 3 aromatic rings. The summed E-state index contributed by atoms with van der Waals surface area (Å²) >= 11 is 0. The van der Waals surface area contributed by atoms with E-state index >= 15 is 0 Å². The highest BCUT2D eigenvalue weighted by atomic mass is 19.1. The van der Waals surface area contributed by atoms with Crippen LogP contribution in [0.2, 0.25) is 0 Å². The van der Waals surface area contributed by atoms with Crippen LogP contribution < -0.4 is 5.32 Å². The van der Waals surface area contributed by atoms with Gasteiger partial charge in [0.05, 0.1) is 12.6 Å². The Morgan fingerprint density at radius 3 is 2.86 bits per heavy atom. The molecule has 0 bridgehead atoms. The second-order valence-electron chi connectivity index (χ2n) is 4.72. The molecule has 1 amide bonds. The highest BCUT2D eigenvalue weighted by Gasteiger charge is 2.08. The molecular formula is C16H13FN4O. The predicted molar refractivity (Wildman–Crippen MR) is 80.6 cm³/mol. The fourth-order valence-electron chi connectivity index (χ4n) is 2.04. The summed E-state index contributed by atoms with van der Waals surface area (Å²) in [4.78, 5) is 23.3. The van der Waals surface area contributed by atoms with Crippen LogP contribution in [0.3, 0.4) is 0 Å². The third kappa shape index (κ3) is 3.35. The van der Waals surface area contributed by atoms with E-state index in [1.807, 2.05) is 18.2 Å². The van der Waals surface area contributed by atoms with Gasteiger partial charge in [0.2, 0.25) is 5.91 Å². The lowest BCUT2D eigenvalue weighted by atomic mass is 10.1. The van der Waals surface area contributed by atoms with E-state index in [-0.39, 0.29) is 18.1 Å². The predicted octanol–water partition coefficient (Wildman–Crippen LogP) is 2.79. The number of nitrogens with zero attached hydrogens (tertiary/aromatic N) is 2. The van der Waals surface area contributed by atoms with Crippen LogP contribution >= 0.6 is 0 Å². The highest BCUT2D eigenvalue weighted by molar-refractivity contribution is 5.91. The van der Waals surface area contributed by atoms with Gasteiger partial charge in [-0.05, 0) is 29.8 Å². The van der Waals surface area contributed by atoms with E-state index in [2.05, 4.69) is 20.3 Å². The van der Waals surface area contributed by atoms with Gasteiger partial charge in [-0.15, -0.1) is 0 Å². The number of aromatic amines is 1. The molecule has 2 aromatic heterocycles. The van der Waals surface area contributed by atoms with Crippen LogP contribution in [0.1, 0.15) is 5.56 Å². The third-order valence-electron chi connectivity index (χ3n) is 3.01. The number of pyridine rings is 1. The molecule has 5 nitrogen and oxygen atoms in total. The lowest BCUT2D eigenvalue weighted by Crippen LogP contribution is -2.14. The van der Waals surface area contributed by atoms with Crippen molar-refractivity contribution in [3.05, 3.63) is 66.2 Å². The Hall–Kier alpha value is -3.02. The summed E-state index contributed by atoms with van der Waals surface area (Å²) in [6.07, 6.45) is 3.28. The number of anilines is 1. The summed E-state index contributed by atoms with van der Waals surface area (Å²) in [5, 5.41) is 2.69. The van der Waals surface area contributed by atoms with E-state index < -0.39 is 0 Å². The Balaban J connectivity index is 1.66. The standard InChI is InChI=1S/C16H13FN4O/c17-12-5-3-4-11(8-12)9-15(22)20-14-10-19-16(21-14)13-6-1-2-7-18-13/h1-8,10H,9H2,(H,19,21)(H,20,22). The maximum Gasteiger partial charge on any atom is 0.229 e. The SMILES string of the molecule is O=C(Cc1cccc(F)c1)Nc1cnc(-c2ccccn2)[nH]1. The van der Waals surface area contributed by atoms with Crippen molar-refractivity contribution < 1.29 is 9.18 Å². The Bertz CT molecular complexity index is 786. The molecular weight excluding hydrogens is 283 g/mol. The van der Waals surface area contributed by atoms with Gasteiger partial charge in [0, 0.05) is 6.20 Å². The molecule has 2 N–H and O–H groups in total. The fraction of sp³-hybridized carbons (Fsp3) is 0.0625. The minimum absolute atomic E-state index is 0.0930. The van der Waals surface area contributed by atoms with Gasteiger partial charge in [-0.1, -0.05) is 18.2 Å². The summed E-state index contributed by atoms with van der Waals surface area (Å²) in [6.45, 7) is 0. The number of aromatic nitrogens is 3. The molecule has 0 spiro atoms. The van der Waals surface area contributed by atoms with Gasteiger partial charge >= 0.3 is 0 Å². The van der Waals surface area contributed by atoms with Gasteiger partial charge in [-0.3, -0.25) is 9.78 Å². The van der Waals surface area contributed by atoms with E-state index in [9.17, 15) is 9.18 Å². The first-order valence-corrected chi connectivity index (χ1v) is 6.71. The summed E-state index contributed by atoms with van der Waals surface area (Å²) < 4.78 is 13.1. The Morgan fingerprint density at radius 1 is 1.18 bits per heavy atom. The van der Waals surface area contributed by atoms with Gasteiger partial charge < -0.3 is 10.3 Å². The summed E-state index contributed by atoms with van der Waals surface area (Å²) in [5.74, 6) is 0.440. The first-order chi connectivity index (χ1) is 10.7. The van der Waals surface area contributed by atoms with Crippen molar-refractivity contribution in [2.45, 2.75) is 6.42 Å². The second-order valence-corrected chi connectivity index (χ2v) is 4.72. The van der Waals surface area contributed by atoms with Gasteiger partial charge in [0.1, 0.15) is 17.3 Å². The van der Waals surface area contributed by atoms with Crippen LogP contribution in [0.4, 0.5) is 10.2 Å². The zero-order valence-corrected chi connectivity index (χ0v) is 11.6. The number of carbonyl (C=O) groups excluding carboxylic acids is 1. The number of nitrogens with one attached hydrogen (secondary N) is 2. The molecule has 0 saturated carbocycles. The van der Waals surface area contributed by atoms with E-state index in [0.717, 1.165) is 0 Å². The largest absolute Gasteiger partial charge is 0.323 e. The number of carbonyl (C=O) groups is 1. The molecule has 3 rings (SSSR count). The van der Waals surface area contributed by atoms with Crippen molar-refractivity contribution in [3.8, 4) is 11.5 Å². The molecule has 22 heavy (non-hydrogen) atoms. The number of hydrogen-bond acceptors (Lipinski definition) is 3. The third-order valence-corrected chi connectivity index (χ3v) is 3.01. The molecule has 1 aromatic carbocycles. The van der Waals surface area contributed by atoms with E-state index in [1.54, 1.807) is 18.3 Å². The average molecular weight is 296 g/mol. The molecule has 0 atom stereocenters. The van der Waals surface area contributed by atoms with Crippen LogP contribution in [0.15, 0.2) is 54.9 Å². The molecule has 0 aliphatic heterocycles. The lowest BCUT2D eigenvalue weighted by molar-refractivity contribution is -0.115. The minimum Gasteiger partial charge on any atom is -0.323 e. The molecule has 6 heteroatoms. The molecule has 0 unspecified atom stereocenters. The Morgan fingerprint density at radius 2 is 2.09 bits per heavy atom. The molecule has 0 aliphatic rings. The van der Waals surface area contributed by atoms with E-state index in [0.29, 0.717) is 22.9 Å². The first kappa shape index (κ1) is 13.9. The average Bonchev–Trinajstić information content (AvgIpc) is 2.96. The van der Waals surface area contributed by atoms with Gasteiger partial charge in [0.15, 0.2) is 5.82 Å². The number of imidazole rings is 1. The Labute approximate surface area is 126 Å². The smallest absolute Gasteiger partial charge is 0.229 e.